The third-order valence-corrected chi connectivity index (χ3v) is 5.23. The van der Waals surface area contributed by atoms with E-state index in [4.69, 9.17) is 4.74 Å². The molecule has 2 atom stereocenters. The Morgan fingerprint density at radius 2 is 1.76 bits per heavy atom. The maximum Gasteiger partial charge on any atom is 0.257 e. The minimum Gasteiger partial charge on any atom is -0.478 e. The molecule has 0 radical (unpaired) electrons. The number of aryl methyl sites for hydroxylation is 2. The molecule has 0 N–H and O–H groups in total. The van der Waals surface area contributed by atoms with Crippen LogP contribution in [0.5, 0.6) is 5.88 Å². The van der Waals surface area contributed by atoms with E-state index >= 15 is 0 Å². The predicted octanol–water partition coefficient (Wildman–Crippen LogP) is 2.00. The number of anilines is 2. The Labute approximate surface area is 148 Å². The second kappa shape index (κ2) is 6.46. The summed E-state index contributed by atoms with van der Waals surface area (Å²) < 4.78 is 5.40. The van der Waals surface area contributed by atoms with Crippen LogP contribution in [0.3, 0.4) is 0 Å². The van der Waals surface area contributed by atoms with Crippen LogP contribution in [-0.4, -0.2) is 52.7 Å². The van der Waals surface area contributed by atoms with Gasteiger partial charge in [-0.3, -0.25) is 0 Å². The third-order valence-electron chi connectivity index (χ3n) is 5.23. The Bertz CT molecular complexity index is 747. The van der Waals surface area contributed by atoms with Crippen LogP contribution in [0, 0.1) is 19.8 Å². The number of rotatable bonds is 3. The highest BCUT2D eigenvalue weighted by molar-refractivity contribution is 5.50. The molecule has 0 saturated carbocycles. The number of hydrogen-bond acceptors (Lipinski definition) is 7. The van der Waals surface area contributed by atoms with Crippen molar-refractivity contribution in [2.75, 3.05) is 36.5 Å². The van der Waals surface area contributed by atoms with Crippen LogP contribution < -0.4 is 14.5 Å². The lowest BCUT2D eigenvalue weighted by Crippen LogP contribution is -2.49. The summed E-state index contributed by atoms with van der Waals surface area (Å²) in [5.41, 5.74) is 2.04. The molecule has 0 spiro atoms. The maximum atomic E-state index is 5.40. The molecule has 2 fully saturated rings. The average molecular weight is 340 g/mol. The molecule has 7 heteroatoms. The van der Waals surface area contributed by atoms with Crippen molar-refractivity contribution in [2.24, 2.45) is 5.92 Å². The molecule has 0 amide bonds. The standard InChI is InChI=1S/C18H24N6O/c1-12-10-13(2)22-18(21-12)24-9-5-14-4-8-23(11-15(14)24)16-17(25-3)20-7-6-19-16/h6-7,10,14-15H,4-5,8-9,11H2,1-3H3. The molecular formula is C18H24N6O. The van der Waals surface area contributed by atoms with E-state index in [1.807, 2.05) is 19.9 Å². The number of methoxy groups -OCH3 is 1. The van der Waals surface area contributed by atoms with E-state index in [2.05, 4.69) is 29.7 Å². The number of hydrogen-bond donors (Lipinski definition) is 0. The van der Waals surface area contributed by atoms with Gasteiger partial charge in [-0.2, -0.15) is 0 Å². The molecule has 2 unspecified atom stereocenters. The molecule has 2 saturated heterocycles. The summed E-state index contributed by atoms with van der Waals surface area (Å²) >= 11 is 0. The Kier molecular flexibility index (Phi) is 4.15. The molecular weight excluding hydrogens is 316 g/mol. The lowest BCUT2D eigenvalue weighted by Gasteiger charge is -2.39. The zero-order valence-corrected chi connectivity index (χ0v) is 15.0. The molecule has 0 bridgehead atoms. The van der Waals surface area contributed by atoms with Crippen LogP contribution in [0.25, 0.3) is 0 Å². The second-order valence-electron chi connectivity index (χ2n) is 6.88. The molecule has 132 valence electrons. The van der Waals surface area contributed by atoms with Gasteiger partial charge in [0.2, 0.25) is 5.95 Å². The van der Waals surface area contributed by atoms with Gasteiger partial charge in [-0.1, -0.05) is 0 Å². The number of fused-ring (bicyclic) bond motifs is 1. The molecule has 2 aliphatic rings. The first-order valence-corrected chi connectivity index (χ1v) is 8.84. The van der Waals surface area contributed by atoms with Gasteiger partial charge in [0, 0.05) is 43.4 Å². The van der Waals surface area contributed by atoms with Crippen molar-refractivity contribution >= 4 is 11.8 Å². The Balaban J connectivity index is 1.60. The van der Waals surface area contributed by atoms with E-state index in [9.17, 15) is 0 Å². The largest absolute Gasteiger partial charge is 0.478 e. The van der Waals surface area contributed by atoms with Gasteiger partial charge in [-0.25, -0.2) is 19.9 Å². The number of ether oxygens (including phenoxy) is 1. The fourth-order valence-electron chi connectivity index (χ4n) is 4.10. The van der Waals surface area contributed by atoms with Crippen molar-refractivity contribution in [1.29, 1.82) is 0 Å². The predicted molar refractivity (Wildman–Crippen MR) is 96.2 cm³/mol. The van der Waals surface area contributed by atoms with Crippen molar-refractivity contribution < 1.29 is 4.74 Å². The van der Waals surface area contributed by atoms with E-state index in [0.717, 1.165) is 49.2 Å². The van der Waals surface area contributed by atoms with E-state index < -0.39 is 0 Å². The summed E-state index contributed by atoms with van der Waals surface area (Å²) in [5.74, 6) is 2.96. The number of piperidine rings is 1. The monoisotopic (exact) mass is 340 g/mol. The average Bonchev–Trinajstić information content (AvgIpc) is 3.04. The topological polar surface area (TPSA) is 67.3 Å². The van der Waals surface area contributed by atoms with Crippen molar-refractivity contribution in [1.82, 2.24) is 19.9 Å². The second-order valence-corrected chi connectivity index (χ2v) is 6.88. The minimum absolute atomic E-state index is 0.404. The lowest BCUT2D eigenvalue weighted by molar-refractivity contribution is 0.371. The van der Waals surface area contributed by atoms with E-state index in [0.29, 0.717) is 17.8 Å². The molecule has 7 nitrogen and oxygen atoms in total. The quantitative estimate of drug-likeness (QED) is 0.846. The van der Waals surface area contributed by atoms with Gasteiger partial charge >= 0.3 is 0 Å². The highest BCUT2D eigenvalue weighted by Gasteiger charge is 2.40. The highest BCUT2D eigenvalue weighted by atomic mass is 16.5. The van der Waals surface area contributed by atoms with E-state index in [-0.39, 0.29) is 0 Å². The smallest absolute Gasteiger partial charge is 0.257 e. The van der Waals surface area contributed by atoms with Gasteiger partial charge in [0.05, 0.1) is 13.2 Å². The van der Waals surface area contributed by atoms with Gasteiger partial charge in [-0.05, 0) is 38.7 Å². The van der Waals surface area contributed by atoms with Gasteiger partial charge < -0.3 is 14.5 Å². The third kappa shape index (κ3) is 2.99. The normalized spacial score (nSPS) is 22.8. The Morgan fingerprint density at radius 3 is 2.52 bits per heavy atom. The van der Waals surface area contributed by atoms with Crippen LogP contribution in [0.2, 0.25) is 0 Å². The molecule has 2 aromatic heterocycles. The van der Waals surface area contributed by atoms with Crippen molar-refractivity contribution in [3.63, 3.8) is 0 Å². The van der Waals surface area contributed by atoms with Crippen LogP contribution in [-0.2, 0) is 0 Å². The van der Waals surface area contributed by atoms with Gasteiger partial charge in [0.25, 0.3) is 5.88 Å². The molecule has 25 heavy (non-hydrogen) atoms. The number of aromatic nitrogens is 4. The van der Waals surface area contributed by atoms with Crippen LogP contribution in [0.15, 0.2) is 18.5 Å². The first kappa shape index (κ1) is 16.1. The summed E-state index contributed by atoms with van der Waals surface area (Å²) in [7, 11) is 1.64. The van der Waals surface area contributed by atoms with Gasteiger partial charge in [0.15, 0.2) is 5.82 Å². The lowest BCUT2D eigenvalue weighted by atomic mass is 9.92. The SMILES string of the molecule is COc1nccnc1N1CCC2CCN(c3nc(C)cc(C)n3)C2C1. The highest BCUT2D eigenvalue weighted by Crippen LogP contribution is 2.36. The van der Waals surface area contributed by atoms with Gasteiger partial charge in [-0.15, -0.1) is 0 Å². The van der Waals surface area contributed by atoms with Crippen LogP contribution in [0.1, 0.15) is 24.2 Å². The molecule has 4 rings (SSSR count). The van der Waals surface area contributed by atoms with Crippen molar-refractivity contribution in [3.8, 4) is 5.88 Å². The summed E-state index contributed by atoms with van der Waals surface area (Å²) in [6.45, 7) is 6.96. The fourth-order valence-corrected chi connectivity index (χ4v) is 4.10. The molecule has 2 aliphatic heterocycles. The summed E-state index contributed by atoms with van der Waals surface area (Å²) in [4.78, 5) is 22.8. The summed E-state index contributed by atoms with van der Waals surface area (Å²) in [5, 5.41) is 0. The van der Waals surface area contributed by atoms with Crippen LogP contribution in [0.4, 0.5) is 11.8 Å². The van der Waals surface area contributed by atoms with Crippen molar-refractivity contribution in [3.05, 3.63) is 29.8 Å². The Hall–Kier alpha value is -2.44. The van der Waals surface area contributed by atoms with E-state index in [1.165, 1.54) is 6.42 Å². The van der Waals surface area contributed by atoms with Gasteiger partial charge in [0.1, 0.15) is 0 Å². The molecule has 0 aliphatic carbocycles. The molecule has 4 heterocycles. The Morgan fingerprint density at radius 1 is 1.04 bits per heavy atom. The number of nitrogens with zero attached hydrogens (tertiary/aromatic N) is 6. The minimum atomic E-state index is 0.404. The van der Waals surface area contributed by atoms with Crippen molar-refractivity contribution in [2.45, 2.75) is 32.7 Å². The molecule has 2 aromatic rings. The van der Waals surface area contributed by atoms with Crippen LogP contribution >= 0.6 is 0 Å². The molecule has 0 aromatic carbocycles. The fraction of sp³-hybridized carbons (Fsp3) is 0.556. The van der Waals surface area contributed by atoms with E-state index in [1.54, 1.807) is 19.5 Å². The first-order chi connectivity index (χ1) is 12.2. The first-order valence-electron chi connectivity index (χ1n) is 8.84. The maximum absolute atomic E-state index is 5.40. The zero-order valence-electron chi connectivity index (χ0n) is 15.0. The summed E-state index contributed by atoms with van der Waals surface area (Å²) in [6, 6.07) is 2.43. The summed E-state index contributed by atoms with van der Waals surface area (Å²) in [6.07, 6.45) is 5.74. The zero-order chi connectivity index (χ0) is 17.4.